The van der Waals surface area contributed by atoms with E-state index in [1.54, 1.807) is 7.05 Å². The van der Waals surface area contributed by atoms with Crippen molar-refractivity contribution in [3.8, 4) is 0 Å². The first kappa shape index (κ1) is 15.5. The molecular formula is C15H23NO3. The molecule has 1 amide bonds. The summed E-state index contributed by atoms with van der Waals surface area (Å²) in [5.74, 6) is 0. The molecule has 0 unspecified atom stereocenters. The molecule has 4 heteroatoms. The largest absolute Gasteiger partial charge is 0.445 e. The van der Waals surface area contributed by atoms with Crippen LogP contribution >= 0.6 is 0 Å². The molecule has 0 aliphatic carbocycles. The summed E-state index contributed by atoms with van der Waals surface area (Å²) in [6.45, 7) is 2.31. The van der Waals surface area contributed by atoms with Crippen LogP contribution < -0.4 is 0 Å². The van der Waals surface area contributed by atoms with Crippen molar-refractivity contribution in [3.05, 3.63) is 35.9 Å². The second-order valence-electron chi connectivity index (χ2n) is 4.63. The minimum absolute atomic E-state index is 0.0308. The number of aliphatic hydroxyl groups is 1. The lowest BCUT2D eigenvalue weighted by molar-refractivity contribution is 0.0732. The first-order valence-corrected chi connectivity index (χ1v) is 6.73. The van der Waals surface area contributed by atoms with Crippen LogP contribution in [0.5, 0.6) is 0 Å². The summed E-state index contributed by atoms with van der Waals surface area (Å²) >= 11 is 0. The van der Waals surface area contributed by atoms with E-state index in [0.29, 0.717) is 0 Å². The Morgan fingerprint density at radius 1 is 1.37 bits per heavy atom. The number of rotatable bonds is 7. The van der Waals surface area contributed by atoms with Gasteiger partial charge in [-0.15, -0.1) is 0 Å². The zero-order valence-corrected chi connectivity index (χ0v) is 11.7. The number of amides is 1. The van der Waals surface area contributed by atoms with Crippen molar-refractivity contribution in [1.82, 2.24) is 4.90 Å². The molecule has 0 bridgehead atoms. The van der Waals surface area contributed by atoms with Gasteiger partial charge in [0.05, 0.1) is 12.6 Å². The van der Waals surface area contributed by atoms with E-state index < -0.39 is 0 Å². The Kier molecular flexibility index (Phi) is 6.97. The van der Waals surface area contributed by atoms with Crippen LogP contribution in [-0.2, 0) is 11.3 Å². The molecule has 0 aromatic heterocycles. The summed E-state index contributed by atoms with van der Waals surface area (Å²) in [5.41, 5.74) is 0.957. The molecule has 1 aromatic rings. The first-order chi connectivity index (χ1) is 9.19. The Bertz CT molecular complexity index is 367. The van der Waals surface area contributed by atoms with Crippen molar-refractivity contribution in [2.75, 3.05) is 13.7 Å². The molecule has 0 spiro atoms. The third-order valence-electron chi connectivity index (χ3n) is 3.14. The number of aliphatic hydroxyl groups excluding tert-OH is 1. The van der Waals surface area contributed by atoms with Crippen LogP contribution in [0.25, 0.3) is 0 Å². The van der Waals surface area contributed by atoms with E-state index >= 15 is 0 Å². The van der Waals surface area contributed by atoms with Crippen LogP contribution in [0, 0.1) is 0 Å². The molecule has 0 aliphatic rings. The van der Waals surface area contributed by atoms with Gasteiger partial charge < -0.3 is 14.7 Å². The van der Waals surface area contributed by atoms with Crippen LogP contribution in [0.15, 0.2) is 30.3 Å². The predicted molar refractivity (Wildman–Crippen MR) is 74.8 cm³/mol. The number of hydrogen-bond donors (Lipinski definition) is 1. The van der Waals surface area contributed by atoms with Crippen LogP contribution in [-0.4, -0.2) is 35.8 Å². The molecule has 0 aliphatic heterocycles. The summed E-state index contributed by atoms with van der Waals surface area (Å²) in [4.78, 5) is 13.4. The number of likely N-dealkylation sites (N-methyl/N-ethyl adjacent to an activating group) is 1. The topological polar surface area (TPSA) is 49.8 Å². The van der Waals surface area contributed by atoms with Crippen molar-refractivity contribution in [2.24, 2.45) is 0 Å². The number of nitrogens with zero attached hydrogens (tertiary/aromatic N) is 1. The molecule has 0 fully saturated rings. The maximum Gasteiger partial charge on any atom is 0.410 e. The van der Waals surface area contributed by atoms with Crippen LogP contribution in [0.2, 0.25) is 0 Å². The second-order valence-corrected chi connectivity index (χ2v) is 4.63. The van der Waals surface area contributed by atoms with E-state index in [0.717, 1.165) is 24.8 Å². The molecule has 106 valence electrons. The summed E-state index contributed by atoms with van der Waals surface area (Å²) in [7, 11) is 1.67. The molecule has 19 heavy (non-hydrogen) atoms. The highest BCUT2D eigenvalue weighted by molar-refractivity contribution is 5.67. The zero-order chi connectivity index (χ0) is 14.1. The molecule has 1 rings (SSSR count). The standard InChI is InChI=1S/C15H23NO3/c1-3-4-10-14(11-17)16(2)15(18)19-12-13-8-6-5-7-9-13/h5-9,14,17H,3-4,10-12H2,1-2H3/t14-/m0/s1. The zero-order valence-electron chi connectivity index (χ0n) is 11.7. The predicted octanol–water partition coefficient (Wildman–Crippen LogP) is 2.81. The SMILES string of the molecule is CCCC[C@@H](CO)N(C)C(=O)OCc1ccccc1. The molecule has 1 aromatic carbocycles. The normalized spacial score (nSPS) is 11.9. The minimum atomic E-state index is -0.390. The minimum Gasteiger partial charge on any atom is -0.445 e. The fourth-order valence-corrected chi connectivity index (χ4v) is 1.82. The summed E-state index contributed by atoms with van der Waals surface area (Å²) in [5, 5.41) is 9.31. The summed E-state index contributed by atoms with van der Waals surface area (Å²) in [6.07, 6.45) is 2.44. The lowest BCUT2D eigenvalue weighted by atomic mass is 10.1. The third kappa shape index (κ3) is 5.30. The monoisotopic (exact) mass is 265 g/mol. The lowest BCUT2D eigenvalue weighted by Gasteiger charge is -2.25. The van der Waals surface area contributed by atoms with Gasteiger partial charge in [-0.1, -0.05) is 50.1 Å². The number of ether oxygens (including phenoxy) is 1. The number of hydrogen-bond acceptors (Lipinski definition) is 3. The molecule has 0 heterocycles. The highest BCUT2D eigenvalue weighted by Crippen LogP contribution is 2.09. The van der Waals surface area contributed by atoms with Gasteiger partial charge in [0.25, 0.3) is 0 Å². The van der Waals surface area contributed by atoms with E-state index in [2.05, 4.69) is 6.92 Å². The quantitative estimate of drug-likeness (QED) is 0.824. The number of carbonyl (C=O) groups excluding carboxylic acids is 1. The average Bonchev–Trinajstić information content (AvgIpc) is 2.46. The van der Waals surface area contributed by atoms with Gasteiger partial charge in [-0.2, -0.15) is 0 Å². The number of unbranched alkanes of at least 4 members (excludes halogenated alkanes) is 1. The fourth-order valence-electron chi connectivity index (χ4n) is 1.82. The Balaban J connectivity index is 2.43. The highest BCUT2D eigenvalue weighted by Gasteiger charge is 2.19. The van der Waals surface area contributed by atoms with Crippen molar-refractivity contribution >= 4 is 6.09 Å². The van der Waals surface area contributed by atoms with E-state index in [4.69, 9.17) is 4.74 Å². The third-order valence-corrected chi connectivity index (χ3v) is 3.14. The van der Waals surface area contributed by atoms with Gasteiger partial charge >= 0.3 is 6.09 Å². The maximum atomic E-state index is 11.9. The molecule has 1 N–H and O–H groups in total. The number of carbonyl (C=O) groups is 1. The Morgan fingerprint density at radius 2 is 2.05 bits per heavy atom. The van der Waals surface area contributed by atoms with Crippen LogP contribution in [0.3, 0.4) is 0 Å². The highest BCUT2D eigenvalue weighted by atomic mass is 16.6. The number of benzene rings is 1. The maximum absolute atomic E-state index is 11.9. The summed E-state index contributed by atoms with van der Waals surface area (Å²) in [6, 6.07) is 9.39. The van der Waals surface area contributed by atoms with Crippen molar-refractivity contribution < 1.29 is 14.6 Å². The second kappa shape index (κ2) is 8.53. The van der Waals surface area contributed by atoms with E-state index in [1.165, 1.54) is 4.90 Å². The van der Waals surface area contributed by atoms with Crippen LogP contribution in [0.4, 0.5) is 4.79 Å². The smallest absolute Gasteiger partial charge is 0.410 e. The van der Waals surface area contributed by atoms with Gasteiger partial charge in [-0.05, 0) is 12.0 Å². The molecule has 4 nitrogen and oxygen atoms in total. The average molecular weight is 265 g/mol. The molecule has 1 atom stereocenters. The van der Waals surface area contributed by atoms with E-state index in [-0.39, 0.29) is 25.3 Å². The molecule has 0 saturated heterocycles. The molecule has 0 saturated carbocycles. The Hall–Kier alpha value is -1.55. The fraction of sp³-hybridized carbons (Fsp3) is 0.533. The molecule has 0 radical (unpaired) electrons. The van der Waals surface area contributed by atoms with Gasteiger partial charge in [-0.3, -0.25) is 0 Å². The Morgan fingerprint density at radius 3 is 2.63 bits per heavy atom. The Labute approximate surface area is 115 Å². The van der Waals surface area contributed by atoms with Crippen LogP contribution in [0.1, 0.15) is 31.7 Å². The van der Waals surface area contributed by atoms with Crippen molar-refractivity contribution in [2.45, 2.75) is 38.8 Å². The van der Waals surface area contributed by atoms with Crippen molar-refractivity contribution in [1.29, 1.82) is 0 Å². The van der Waals surface area contributed by atoms with Gasteiger partial charge in [0, 0.05) is 7.05 Å². The lowest BCUT2D eigenvalue weighted by Crippen LogP contribution is -2.39. The van der Waals surface area contributed by atoms with E-state index in [1.807, 2.05) is 30.3 Å². The van der Waals surface area contributed by atoms with E-state index in [9.17, 15) is 9.90 Å². The van der Waals surface area contributed by atoms with Crippen molar-refractivity contribution in [3.63, 3.8) is 0 Å². The molecular weight excluding hydrogens is 242 g/mol. The van der Waals surface area contributed by atoms with Gasteiger partial charge in [0.2, 0.25) is 0 Å². The first-order valence-electron chi connectivity index (χ1n) is 6.73. The summed E-state index contributed by atoms with van der Waals surface area (Å²) < 4.78 is 5.23. The van der Waals surface area contributed by atoms with Gasteiger partial charge in [0.15, 0.2) is 0 Å². The van der Waals surface area contributed by atoms with Gasteiger partial charge in [-0.25, -0.2) is 4.79 Å². The van der Waals surface area contributed by atoms with Gasteiger partial charge in [0.1, 0.15) is 6.61 Å².